The van der Waals surface area contributed by atoms with E-state index in [2.05, 4.69) is 14.7 Å². The number of nitrogens with zero attached hydrogens (tertiary/aromatic N) is 1. The molecule has 2 aromatic carbocycles. The third-order valence-corrected chi connectivity index (χ3v) is 8.07. The van der Waals surface area contributed by atoms with Crippen molar-refractivity contribution in [3.8, 4) is 0 Å². The van der Waals surface area contributed by atoms with Crippen molar-refractivity contribution in [3.63, 3.8) is 0 Å². The molecule has 1 amide bonds. The highest BCUT2D eigenvalue weighted by Gasteiger charge is 2.29. The summed E-state index contributed by atoms with van der Waals surface area (Å²) in [6.45, 7) is 0.759. The van der Waals surface area contributed by atoms with Gasteiger partial charge in [-0.3, -0.25) is 9.59 Å². The second kappa shape index (κ2) is 10.3. The smallest absolute Gasteiger partial charge is 0.410 e. The number of pyridine rings is 1. The average Bonchev–Trinajstić information content (AvgIpc) is 3.31. The van der Waals surface area contributed by atoms with Crippen molar-refractivity contribution in [2.45, 2.75) is 36.8 Å². The van der Waals surface area contributed by atoms with Gasteiger partial charge < -0.3 is 24.7 Å². The summed E-state index contributed by atoms with van der Waals surface area (Å²) < 4.78 is 34.7. The van der Waals surface area contributed by atoms with Gasteiger partial charge >= 0.3 is 12.1 Å². The van der Waals surface area contributed by atoms with Crippen molar-refractivity contribution < 1.29 is 27.9 Å². The lowest BCUT2D eigenvalue weighted by atomic mass is 10.1. The predicted molar refractivity (Wildman–Crippen MR) is 139 cm³/mol. The van der Waals surface area contributed by atoms with Gasteiger partial charge in [-0.2, -0.15) is 0 Å². The van der Waals surface area contributed by atoms with Gasteiger partial charge in [0, 0.05) is 41.6 Å². The van der Waals surface area contributed by atoms with Crippen LogP contribution >= 0.6 is 0 Å². The zero-order valence-corrected chi connectivity index (χ0v) is 21.1. The molecule has 1 aliphatic heterocycles. The quantitative estimate of drug-likeness (QED) is 0.281. The van der Waals surface area contributed by atoms with E-state index >= 15 is 0 Å². The van der Waals surface area contributed by atoms with Crippen molar-refractivity contribution >= 4 is 43.9 Å². The van der Waals surface area contributed by atoms with Crippen LogP contribution in [0.5, 0.6) is 0 Å². The topological polar surface area (TPSA) is 162 Å². The van der Waals surface area contributed by atoms with E-state index in [-0.39, 0.29) is 30.0 Å². The zero-order chi connectivity index (χ0) is 26.9. The second-order valence-electron chi connectivity index (χ2n) is 9.24. The summed E-state index contributed by atoms with van der Waals surface area (Å²) >= 11 is 0. The van der Waals surface area contributed by atoms with Gasteiger partial charge in [0.05, 0.1) is 11.3 Å². The Balaban J connectivity index is 1.35. The Bertz CT molecular complexity index is 1680. The molecular formula is C26H26N4O7S. The van der Waals surface area contributed by atoms with Gasteiger partial charge in [0.1, 0.15) is 12.1 Å². The molecule has 1 saturated heterocycles. The third-order valence-electron chi connectivity index (χ3n) is 6.56. The molecule has 3 heterocycles. The number of likely N-dealkylation sites (tertiary alicyclic amines) is 1. The summed E-state index contributed by atoms with van der Waals surface area (Å²) in [4.78, 5) is 43.3. The number of piperidine rings is 1. The molecule has 0 bridgehead atoms. The predicted octanol–water partition coefficient (Wildman–Crippen LogP) is 2.72. The van der Waals surface area contributed by atoms with Gasteiger partial charge in [-0.25, -0.2) is 17.9 Å². The number of rotatable bonds is 7. The first-order valence-corrected chi connectivity index (χ1v) is 13.6. The summed E-state index contributed by atoms with van der Waals surface area (Å²) in [5.41, 5.74) is 1.36. The number of hydrogen-bond donors (Lipinski definition) is 4. The van der Waals surface area contributed by atoms with Gasteiger partial charge in [-0.05, 0) is 42.2 Å². The first-order valence-electron chi connectivity index (χ1n) is 12.1. The van der Waals surface area contributed by atoms with E-state index in [1.807, 2.05) is 30.3 Å². The van der Waals surface area contributed by atoms with Crippen LogP contribution in [0.1, 0.15) is 24.0 Å². The number of carbonyl (C=O) groups is 2. The summed E-state index contributed by atoms with van der Waals surface area (Å²) in [5, 5.41) is 10.0. The average molecular weight is 539 g/mol. The number of nitrogens with one attached hydrogen (secondary N) is 3. The van der Waals surface area contributed by atoms with Crippen molar-refractivity contribution in [1.82, 2.24) is 19.6 Å². The van der Waals surface area contributed by atoms with Crippen molar-refractivity contribution in [1.29, 1.82) is 0 Å². The molecule has 0 aliphatic carbocycles. The number of carbonyl (C=O) groups excluding carboxylic acids is 1. The van der Waals surface area contributed by atoms with Crippen molar-refractivity contribution in [2.24, 2.45) is 0 Å². The molecule has 4 aromatic rings. The van der Waals surface area contributed by atoms with Crippen LogP contribution in [0.15, 0.2) is 64.4 Å². The van der Waals surface area contributed by atoms with Crippen LogP contribution in [0.2, 0.25) is 0 Å². The Morgan fingerprint density at radius 1 is 1.16 bits per heavy atom. The van der Waals surface area contributed by atoms with Crippen LogP contribution in [0, 0.1) is 0 Å². The fraction of sp³-hybridized carbons (Fsp3) is 0.269. The lowest BCUT2D eigenvalue weighted by molar-refractivity contribution is -0.136. The van der Waals surface area contributed by atoms with E-state index in [4.69, 9.17) is 4.74 Å². The Morgan fingerprint density at radius 2 is 1.95 bits per heavy atom. The number of carboxylic acid groups (broad SMARTS) is 1. The van der Waals surface area contributed by atoms with E-state index in [9.17, 15) is 27.9 Å². The van der Waals surface area contributed by atoms with Crippen LogP contribution in [-0.2, 0) is 32.6 Å². The SMILES string of the molecule is O=C(O)Cc1c[nH]c2c(=O)[nH]c3ccc(S(=O)(=O)NC4CCCN(C(=O)OCc5ccccc5)C4)cc3c12. The van der Waals surface area contributed by atoms with Crippen LogP contribution in [0.25, 0.3) is 21.8 Å². The number of amides is 1. The van der Waals surface area contributed by atoms with Crippen LogP contribution in [0.4, 0.5) is 4.79 Å². The van der Waals surface area contributed by atoms with Gasteiger partial charge in [0.25, 0.3) is 5.56 Å². The standard InChI is InChI=1S/C26H26N4O7S/c31-22(32)11-17-13-27-24-23(17)20-12-19(8-9-21(20)28-25(24)33)38(35,36)29-18-7-4-10-30(14-18)26(34)37-15-16-5-2-1-3-6-16/h1-3,5-6,8-9,12-13,18,27,29H,4,7,10-11,14-15H2,(H,28,33)(H,31,32). The molecule has 2 aromatic heterocycles. The number of ether oxygens (including phenoxy) is 1. The number of aromatic amines is 2. The number of fused-ring (bicyclic) bond motifs is 3. The van der Waals surface area contributed by atoms with Gasteiger partial charge in [-0.1, -0.05) is 30.3 Å². The van der Waals surface area contributed by atoms with Gasteiger partial charge in [-0.15, -0.1) is 0 Å². The molecule has 0 radical (unpaired) electrons. The first-order chi connectivity index (χ1) is 18.2. The van der Waals surface area contributed by atoms with Crippen molar-refractivity contribution in [3.05, 3.63) is 76.2 Å². The maximum absolute atomic E-state index is 13.3. The summed E-state index contributed by atoms with van der Waals surface area (Å²) in [5.74, 6) is -1.08. The Hall–Kier alpha value is -4.16. The molecule has 11 nitrogen and oxygen atoms in total. The number of sulfonamides is 1. The summed E-state index contributed by atoms with van der Waals surface area (Å²) in [6.07, 6.45) is 1.77. The maximum atomic E-state index is 13.3. The molecule has 1 aliphatic rings. The maximum Gasteiger partial charge on any atom is 0.410 e. The number of H-pyrrole nitrogens is 2. The molecule has 4 N–H and O–H groups in total. The van der Waals surface area contributed by atoms with E-state index < -0.39 is 33.7 Å². The lowest BCUT2D eigenvalue weighted by Crippen LogP contribution is -2.49. The third kappa shape index (κ3) is 5.27. The highest BCUT2D eigenvalue weighted by Crippen LogP contribution is 2.27. The minimum atomic E-state index is -4.00. The minimum absolute atomic E-state index is 0.0374. The van der Waals surface area contributed by atoms with E-state index in [0.29, 0.717) is 41.2 Å². The molecule has 1 unspecified atom stereocenters. The largest absolute Gasteiger partial charge is 0.481 e. The lowest BCUT2D eigenvalue weighted by Gasteiger charge is -2.32. The zero-order valence-electron chi connectivity index (χ0n) is 20.3. The Labute approximate surface area is 217 Å². The van der Waals surface area contributed by atoms with Crippen molar-refractivity contribution in [2.75, 3.05) is 13.1 Å². The molecule has 0 spiro atoms. The summed E-state index contributed by atoms with van der Waals surface area (Å²) in [6, 6.07) is 13.1. The fourth-order valence-corrected chi connectivity index (χ4v) is 6.07. The van der Waals surface area contributed by atoms with E-state index in [1.165, 1.54) is 29.3 Å². The molecule has 1 atom stereocenters. The minimum Gasteiger partial charge on any atom is -0.481 e. The number of carboxylic acids is 1. The number of aliphatic carboxylic acids is 1. The van der Waals surface area contributed by atoms with E-state index in [1.54, 1.807) is 0 Å². The number of aromatic nitrogens is 2. The monoisotopic (exact) mass is 538 g/mol. The highest BCUT2D eigenvalue weighted by atomic mass is 32.2. The van der Waals surface area contributed by atoms with E-state index in [0.717, 1.165) is 5.56 Å². The Morgan fingerprint density at radius 3 is 2.71 bits per heavy atom. The van der Waals surface area contributed by atoms with Gasteiger partial charge in [0.2, 0.25) is 10.0 Å². The first kappa shape index (κ1) is 25.5. The molecule has 5 rings (SSSR count). The molecular weight excluding hydrogens is 512 g/mol. The molecule has 198 valence electrons. The van der Waals surface area contributed by atoms with Crippen LogP contribution in [-0.4, -0.2) is 59.6 Å². The highest BCUT2D eigenvalue weighted by molar-refractivity contribution is 7.89. The number of hydrogen-bond acceptors (Lipinski definition) is 6. The normalized spacial score (nSPS) is 16.1. The van der Waals surface area contributed by atoms with Crippen LogP contribution < -0.4 is 10.3 Å². The summed E-state index contributed by atoms with van der Waals surface area (Å²) in [7, 11) is -4.00. The van der Waals surface area contributed by atoms with Gasteiger partial charge in [0.15, 0.2) is 0 Å². The molecule has 38 heavy (non-hydrogen) atoms. The number of benzene rings is 2. The molecule has 1 fully saturated rings. The Kier molecular flexibility index (Phi) is 6.91. The fourth-order valence-electron chi connectivity index (χ4n) is 4.78. The van der Waals surface area contributed by atoms with Crippen LogP contribution in [0.3, 0.4) is 0 Å². The molecule has 12 heteroatoms. The molecule has 0 saturated carbocycles. The second-order valence-corrected chi connectivity index (χ2v) is 11.0.